The number of carboxylic acid groups (broad SMARTS) is 1. The van der Waals surface area contributed by atoms with Gasteiger partial charge in [0.15, 0.2) is 11.6 Å². The molecule has 2 aromatic rings. The Kier molecular flexibility index (Phi) is 4.27. The van der Waals surface area contributed by atoms with Crippen molar-refractivity contribution in [2.75, 3.05) is 17.7 Å². The second-order valence-corrected chi connectivity index (χ2v) is 4.31. The van der Waals surface area contributed by atoms with Crippen LogP contribution >= 0.6 is 0 Å². The summed E-state index contributed by atoms with van der Waals surface area (Å²) in [5.41, 5.74) is 6.82. The maximum atomic E-state index is 13.8. The van der Waals surface area contributed by atoms with E-state index >= 15 is 0 Å². The molecule has 6 heteroatoms. The van der Waals surface area contributed by atoms with Gasteiger partial charge in [0.25, 0.3) is 0 Å². The molecular weight excluding hydrogens is 275 g/mol. The third-order valence-corrected chi connectivity index (χ3v) is 2.78. The fourth-order valence-corrected chi connectivity index (χ4v) is 1.86. The van der Waals surface area contributed by atoms with Gasteiger partial charge in [-0.15, -0.1) is 0 Å². The van der Waals surface area contributed by atoms with Crippen molar-refractivity contribution in [3.05, 3.63) is 47.8 Å². The summed E-state index contributed by atoms with van der Waals surface area (Å²) < 4.78 is 18.9. The van der Waals surface area contributed by atoms with Gasteiger partial charge in [-0.25, -0.2) is 9.18 Å². The zero-order valence-corrected chi connectivity index (χ0v) is 11.4. The Morgan fingerprint density at radius 3 is 2.71 bits per heavy atom. The predicted octanol–water partition coefficient (Wildman–Crippen LogP) is 3.25. The van der Waals surface area contributed by atoms with Gasteiger partial charge in [0.2, 0.25) is 0 Å². The average Bonchev–Trinajstić information content (AvgIpc) is 2.42. The molecule has 0 aliphatic heterocycles. The third-order valence-electron chi connectivity index (χ3n) is 2.78. The quantitative estimate of drug-likeness (QED) is 0.736. The normalized spacial score (nSPS) is 10.2. The SMILES string of the molecule is CCOc1ccc(Nc2cc(N)ccc2C(=O)O)cc1F. The van der Waals surface area contributed by atoms with Crippen LogP contribution in [-0.4, -0.2) is 17.7 Å². The molecule has 21 heavy (non-hydrogen) atoms. The highest BCUT2D eigenvalue weighted by Crippen LogP contribution is 2.27. The molecule has 0 spiro atoms. The Labute approximate surface area is 121 Å². The first-order valence-corrected chi connectivity index (χ1v) is 6.33. The number of hydrogen-bond acceptors (Lipinski definition) is 4. The second kappa shape index (κ2) is 6.13. The number of halogens is 1. The molecule has 0 heterocycles. The number of nitrogens with one attached hydrogen (secondary N) is 1. The number of carboxylic acids is 1. The summed E-state index contributed by atoms with van der Waals surface area (Å²) in [7, 11) is 0. The van der Waals surface area contributed by atoms with E-state index in [-0.39, 0.29) is 11.3 Å². The summed E-state index contributed by atoms with van der Waals surface area (Å²) in [4.78, 5) is 11.2. The molecule has 0 fully saturated rings. The second-order valence-electron chi connectivity index (χ2n) is 4.31. The molecule has 0 aromatic heterocycles. The van der Waals surface area contributed by atoms with Crippen molar-refractivity contribution >= 4 is 23.0 Å². The number of benzene rings is 2. The molecule has 2 aromatic carbocycles. The number of hydrogen-bond donors (Lipinski definition) is 3. The third kappa shape index (κ3) is 3.42. The summed E-state index contributed by atoms with van der Waals surface area (Å²) in [6.07, 6.45) is 0. The van der Waals surface area contributed by atoms with E-state index in [2.05, 4.69) is 5.32 Å². The summed E-state index contributed by atoms with van der Waals surface area (Å²) >= 11 is 0. The Bertz CT molecular complexity index is 674. The molecule has 0 saturated heterocycles. The fourth-order valence-electron chi connectivity index (χ4n) is 1.86. The number of carbonyl (C=O) groups is 1. The van der Waals surface area contributed by atoms with Crippen LogP contribution in [0.4, 0.5) is 21.5 Å². The van der Waals surface area contributed by atoms with Crippen LogP contribution in [0.2, 0.25) is 0 Å². The lowest BCUT2D eigenvalue weighted by Crippen LogP contribution is -2.04. The van der Waals surface area contributed by atoms with E-state index in [1.807, 2.05) is 0 Å². The van der Waals surface area contributed by atoms with Gasteiger partial charge in [0, 0.05) is 17.4 Å². The van der Waals surface area contributed by atoms with Crippen molar-refractivity contribution in [2.24, 2.45) is 0 Å². The summed E-state index contributed by atoms with van der Waals surface area (Å²) in [6.45, 7) is 2.12. The minimum absolute atomic E-state index is 0.0542. The number of rotatable bonds is 5. The van der Waals surface area contributed by atoms with Crippen LogP contribution in [0.15, 0.2) is 36.4 Å². The summed E-state index contributed by atoms with van der Waals surface area (Å²) in [5, 5.41) is 12.0. The van der Waals surface area contributed by atoms with Gasteiger partial charge < -0.3 is 20.9 Å². The highest BCUT2D eigenvalue weighted by molar-refractivity contribution is 5.96. The van der Waals surface area contributed by atoms with Gasteiger partial charge in [0.05, 0.1) is 17.9 Å². The van der Waals surface area contributed by atoms with Crippen LogP contribution in [0.1, 0.15) is 17.3 Å². The first kappa shape index (κ1) is 14.6. The topological polar surface area (TPSA) is 84.6 Å². The van der Waals surface area contributed by atoms with Crippen LogP contribution in [-0.2, 0) is 0 Å². The molecule has 0 atom stereocenters. The molecule has 0 saturated carbocycles. The van der Waals surface area contributed by atoms with Crippen LogP contribution < -0.4 is 15.8 Å². The van der Waals surface area contributed by atoms with E-state index in [1.54, 1.807) is 13.0 Å². The van der Waals surface area contributed by atoms with Gasteiger partial charge in [-0.3, -0.25) is 0 Å². The van der Waals surface area contributed by atoms with E-state index < -0.39 is 11.8 Å². The number of anilines is 3. The van der Waals surface area contributed by atoms with E-state index in [4.69, 9.17) is 15.6 Å². The molecular formula is C15H15FN2O3. The molecule has 0 aliphatic rings. The largest absolute Gasteiger partial charge is 0.491 e. The van der Waals surface area contributed by atoms with Crippen LogP contribution in [0.5, 0.6) is 5.75 Å². The molecule has 0 radical (unpaired) electrons. The highest BCUT2D eigenvalue weighted by Gasteiger charge is 2.11. The van der Waals surface area contributed by atoms with Gasteiger partial charge in [-0.1, -0.05) is 0 Å². The molecule has 4 N–H and O–H groups in total. The molecule has 5 nitrogen and oxygen atoms in total. The van der Waals surface area contributed by atoms with Crippen LogP contribution in [0, 0.1) is 5.82 Å². The van der Waals surface area contributed by atoms with Gasteiger partial charge >= 0.3 is 5.97 Å². The van der Waals surface area contributed by atoms with Gasteiger partial charge in [-0.2, -0.15) is 0 Å². The molecule has 0 bridgehead atoms. The van der Waals surface area contributed by atoms with E-state index in [0.717, 1.165) is 0 Å². The molecule has 0 unspecified atom stereocenters. The van der Waals surface area contributed by atoms with Crippen LogP contribution in [0.25, 0.3) is 0 Å². The lowest BCUT2D eigenvalue weighted by atomic mass is 10.1. The smallest absolute Gasteiger partial charge is 0.337 e. The first-order chi connectivity index (χ1) is 10.0. The number of aromatic carboxylic acids is 1. The number of nitrogen functional groups attached to an aromatic ring is 1. The highest BCUT2D eigenvalue weighted by atomic mass is 19.1. The maximum Gasteiger partial charge on any atom is 0.337 e. The van der Waals surface area contributed by atoms with Gasteiger partial charge in [-0.05, 0) is 37.3 Å². The standard InChI is InChI=1S/C15H15FN2O3/c1-2-21-14-6-4-10(8-12(14)16)18-13-7-9(17)3-5-11(13)15(19)20/h3-8,18H,2,17H2,1H3,(H,19,20). The number of ether oxygens (including phenoxy) is 1. The molecule has 0 aliphatic carbocycles. The Morgan fingerprint density at radius 1 is 1.33 bits per heavy atom. The van der Waals surface area contributed by atoms with Crippen molar-refractivity contribution in [2.45, 2.75) is 6.92 Å². The Balaban J connectivity index is 2.32. The fraction of sp³-hybridized carbons (Fsp3) is 0.133. The first-order valence-electron chi connectivity index (χ1n) is 6.33. The zero-order chi connectivity index (χ0) is 15.4. The number of nitrogens with two attached hydrogens (primary N) is 1. The molecule has 2 rings (SSSR count). The van der Waals surface area contributed by atoms with Crippen molar-refractivity contribution < 1.29 is 19.0 Å². The van der Waals surface area contributed by atoms with Crippen molar-refractivity contribution in [3.63, 3.8) is 0 Å². The lowest BCUT2D eigenvalue weighted by molar-refractivity contribution is 0.0698. The monoisotopic (exact) mass is 290 g/mol. The van der Waals surface area contributed by atoms with Crippen LogP contribution in [0.3, 0.4) is 0 Å². The maximum absolute atomic E-state index is 13.8. The average molecular weight is 290 g/mol. The van der Waals surface area contributed by atoms with E-state index in [9.17, 15) is 9.18 Å². The predicted molar refractivity (Wildman–Crippen MR) is 78.7 cm³/mol. The van der Waals surface area contributed by atoms with E-state index in [1.165, 1.54) is 30.3 Å². The zero-order valence-electron chi connectivity index (χ0n) is 11.4. The van der Waals surface area contributed by atoms with Crippen molar-refractivity contribution in [3.8, 4) is 5.75 Å². The lowest BCUT2D eigenvalue weighted by Gasteiger charge is -2.12. The summed E-state index contributed by atoms with van der Waals surface area (Å²) in [5.74, 6) is -1.47. The van der Waals surface area contributed by atoms with Crippen molar-refractivity contribution in [1.29, 1.82) is 0 Å². The van der Waals surface area contributed by atoms with Crippen molar-refractivity contribution in [1.82, 2.24) is 0 Å². The van der Waals surface area contributed by atoms with E-state index in [0.29, 0.717) is 23.7 Å². The molecule has 0 amide bonds. The van der Waals surface area contributed by atoms with Gasteiger partial charge in [0.1, 0.15) is 0 Å². The molecule has 110 valence electrons. The summed E-state index contributed by atoms with van der Waals surface area (Å²) in [6, 6.07) is 8.69. The Morgan fingerprint density at radius 2 is 2.10 bits per heavy atom. The Hall–Kier alpha value is -2.76. The minimum atomic E-state index is -1.09. The minimum Gasteiger partial charge on any atom is -0.491 e.